The van der Waals surface area contributed by atoms with E-state index < -0.39 is 0 Å². The Balaban J connectivity index is 1.91. The molecular weight excluding hydrogens is 136 g/mol. The van der Waals surface area contributed by atoms with Crippen LogP contribution in [0.15, 0.2) is 34.5 Å². The van der Waals surface area contributed by atoms with E-state index in [9.17, 15) is 0 Å². The Morgan fingerprint density at radius 3 is 1.91 bits per heavy atom. The van der Waals surface area contributed by atoms with Crippen molar-refractivity contribution in [1.82, 2.24) is 0 Å². The van der Waals surface area contributed by atoms with Gasteiger partial charge in [0.25, 0.3) is 0 Å². The van der Waals surface area contributed by atoms with Crippen molar-refractivity contribution in [1.29, 1.82) is 0 Å². The quantitative estimate of drug-likeness (QED) is 0.570. The number of nitrogens with zero attached hydrogens (tertiary/aromatic N) is 2. The van der Waals surface area contributed by atoms with Crippen LogP contribution in [0.2, 0.25) is 0 Å². The lowest BCUT2D eigenvalue weighted by molar-refractivity contribution is 1.35. The SMILES string of the molecule is C1=CN=C(CC2=NC=CC2)C1. The molecule has 2 aliphatic heterocycles. The molecule has 0 aromatic heterocycles. The van der Waals surface area contributed by atoms with Crippen LogP contribution in [0.5, 0.6) is 0 Å². The van der Waals surface area contributed by atoms with E-state index in [1.165, 1.54) is 11.4 Å². The Morgan fingerprint density at radius 2 is 1.55 bits per heavy atom. The first-order valence-corrected chi connectivity index (χ1v) is 3.86. The van der Waals surface area contributed by atoms with E-state index in [0.717, 1.165) is 19.3 Å². The van der Waals surface area contributed by atoms with Crippen molar-refractivity contribution in [2.24, 2.45) is 9.98 Å². The average Bonchev–Trinajstić information content (AvgIpc) is 2.60. The first kappa shape index (κ1) is 6.53. The highest BCUT2D eigenvalue weighted by Crippen LogP contribution is 2.10. The van der Waals surface area contributed by atoms with Crippen LogP contribution in [0.25, 0.3) is 0 Å². The van der Waals surface area contributed by atoms with Gasteiger partial charge in [-0.1, -0.05) is 12.2 Å². The predicted octanol–water partition coefficient (Wildman–Crippen LogP) is 2.09. The lowest BCUT2D eigenvalue weighted by Crippen LogP contribution is -2.02. The summed E-state index contributed by atoms with van der Waals surface area (Å²) in [7, 11) is 0. The van der Waals surface area contributed by atoms with Crippen molar-refractivity contribution in [2.45, 2.75) is 19.3 Å². The van der Waals surface area contributed by atoms with Gasteiger partial charge in [0, 0.05) is 43.1 Å². The van der Waals surface area contributed by atoms with Gasteiger partial charge in [0.2, 0.25) is 0 Å². The zero-order valence-corrected chi connectivity index (χ0v) is 6.33. The Morgan fingerprint density at radius 1 is 1.00 bits per heavy atom. The average molecular weight is 146 g/mol. The molecule has 2 aliphatic rings. The number of allylic oxidation sites excluding steroid dienone is 2. The van der Waals surface area contributed by atoms with Gasteiger partial charge < -0.3 is 0 Å². The maximum absolute atomic E-state index is 4.23. The molecule has 0 bridgehead atoms. The van der Waals surface area contributed by atoms with E-state index in [2.05, 4.69) is 22.1 Å². The first-order chi connectivity index (χ1) is 5.45. The van der Waals surface area contributed by atoms with Crippen LogP contribution >= 0.6 is 0 Å². The molecule has 0 aromatic rings. The van der Waals surface area contributed by atoms with Gasteiger partial charge in [0.1, 0.15) is 0 Å². The Bertz CT molecular complexity index is 241. The highest BCUT2D eigenvalue weighted by Gasteiger charge is 2.07. The van der Waals surface area contributed by atoms with Crippen LogP contribution in [0.3, 0.4) is 0 Å². The van der Waals surface area contributed by atoms with Crippen LogP contribution in [-0.2, 0) is 0 Å². The fourth-order valence-corrected chi connectivity index (χ4v) is 1.27. The van der Waals surface area contributed by atoms with E-state index in [1.54, 1.807) is 0 Å². The smallest absolute Gasteiger partial charge is 0.0273 e. The zero-order chi connectivity index (χ0) is 7.52. The van der Waals surface area contributed by atoms with Gasteiger partial charge in [0.05, 0.1) is 0 Å². The van der Waals surface area contributed by atoms with E-state index >= 15 is 0 Å². The molecule has 0 saturated heterocycles. The van der Waals surface area contributed by atoms with Crippen LogP contribution in [0.4, 0.5) is 0 Å². The molecule has 0 unspecified atom stereocenters. The summed E-state index contributed by atoms with van der Waals surface area (Å²) in [5.74, 6) is 0. The number of aliphatic imine (C=N–C) groups is 2. The minimum atomic E-state index is 0.958. The second kappa shape index (κ2) is 2.82. The molecule has 0 fully saturated rings. The fourth-order valence-electron chi connectivity index (χ4n) is 1.27. The molecule has 0 atom stereocenters. The summed E-state index contributed by atoms with van der Waals surface area (Å²) in [5, 5.41) is 0. The molecule has 0 aromatic carbocycles. The van der Waals surface area contributed by atoms with E-state index in [0.29, 0.717) is 0 Å². The van der Waals surface area contributed by atoms with Crippen LogP contribution in [0.1, 0.15) is 19.3 Å². The largest absolute Gasteiger partial charge is 0.265 e. The summed E-state index contributed by atoms with van der Waals surface area (Å²) < 4.78 is 0. The van der Waals surface area contributed by atoms with Crippen LogP contribution < -0.4 is 0 Å². The first-order valence-electron chi connectivity index (χ1n) is 3.86. The molecule has 2 heteroatoms. The van der Waals surface area contributed by atoms with Gasteiger partial charge in [-0.3, -0.25) is 9.98 Å². The van der Waals surface area contributed by atoms with Crippen molar-refractivity contribution in [3.8, 4) is 0 Å². The third-order valence-corrected chi connectivity index (χ3v) is 1.84. The third-order valence-electron chi connectivity index (χ3n) is 1.84. The molecule has 11 heavy (non-hydrogen) atoms. The van der Waals surface area contributed by atoms with Crippen LogP contribution in [-0.4, -0.2) is 11.4 Å². The van der Waals surface area contributed by atoms with Gasteiger partial charge in [-0.05, 0) is 0 Å². The predicted molar refractivity (Wildman–Crippen MR) is 47.0 cm³/mol. The summed E-state index contributed by atoms with van der Waals surface area (Å²) in [4.78, 5) is 8.45. The second-order valence-electron chi connectivity index (χ2n) is 2.75. The summed E-state index contributed by atoms with van der Waals surface area (Å²) in [6.45, 7) is 0. The minimum absolute atomic E-state index is 0.958. The van der Waals surface area contributed by atoms with Crippen molar-refractivity contribution >= 4 is 11.4 Å². The number of rotatable bonds is 2. The van der Waals surface area contributed by atoms with Gasteiger partial charge in [0.15, 0.2) is 0 Å². The normalized spacial score (nSPS) is 20.7. The molecule has 0 radical (unpaired) electrons. The summed E-state index contributed by atoms with van der Waals surface area (Å²) in [6, 6.07) is 0. The van der Waals surface area contributed by atoms with Gasteiger partial charge >= 0.3 is 0 Å². The monoisotopic (exact) mass is 146 g/mol. The molecule has 2 rings (SSSR count). The number of hydrogen-bond acceptors (Lipinski definition) is 2. The standard InChI is InChI=1S/C9H10N2/c1-3-8(10-5-1)7-9-4-2-6-11-9/h1-2,5-6H,3-4,7H2. The molecule has 56 valence electrons. The van der Waals surface area contributed by atoms with E-state index in [-0.39, 0.29) is 0 Å². The fraction of sp³-hybridized carbons (Fsp3) is 0.333. The highest BCUT2D eigenvalue weighted by atomic mass is 14.8. The summed E-state index contributed by atoms with van der Waals surface area (Å²) >= 11 is 0. The van der Waals surface area contributed by atoms with Gasteiger partial charge in [-0.15, -0.1) is 0 Å². The molecule has 0 N–H and O–H groups in total. The lowest BCUT2D eigenvalue weighted by Gasteiger charge is -1.97. The van der Waals surface area contributed by atoms with E-state index in [1.807, 2.05) is 12.4 Å². The van der Waals surface area contributed by atoms with Crippen molar-refractivity contribution in [3.05, 3.63) is 24.6 Å². The zero-order valence-electron chi connectivity index (χ0n) is 6.33. The van der Waals surface area contributed by atoms with Gasteiger partial charge in [-0.25, -0.2) is 0 Å². The molecular formula is C9H10N2. The molecule has 0 saturated carbocycles. The number of hydrogen-bond donors (Lipinski definition) is 0. The summed E-state index contributed by atoms with van der Waals surface area (Å²) in [5.41, 5.74) is 2.49. The van der Waals surface area contributed by atoms with Crippen molar-refractivity contribution in [2.75, 3.05) is 0 Å². The van der Waals surface area contributed by atoms with E-state index in [4.69, 9.17) is 0 Å². The minimum Gasteiger partial charge on any atom is -0.265 e. The molecule has 0 spiro atoms. The molecule has 2 heterocycles. The molecule has 0 aliphatic carbocycles. The Kier molecular flexibility index (Phi) is 1.68. The van der Waals surface area contributed by atoms with Crippen molar-refractivity contribution < 1.29 is 0 Å². The topological polar surface area (TPSA) is 24.7 Å². The third kappa shape index (κ3) is 1.45. The van der Waals surface area contributed by atoms with Crippen LogP contribution in [0, 0.1) is 0 Å². The van der Waals surface area contributed by atoms with Crippen molar-refractivity contribution in [3.63, 3.8) is 0 Å². The lowest BCUT2D eigenvalue weighted by atomic mass is 10.1. The summed E-state index contributed by atoms with van der Waals surface area (Å²) in [6.07, 6.45) is 10.9. The molecule has 2 nitrogen and oxygen atoms in total. The maximum Gasteiger partial charge on any atom is 0.0273 e. The molecule has 0 amide bonds. The second-order valence-corrected chi connectivity index (χ2v) is 2.75. The Labute approximate surface area is 66.1 Å². The Hall–Kier alpha value is -1.18. The maximum atomic E-state index is 4.23. The van der Waals surface area contributed by atoms with Gasteiger partial charge in [-0.2, -0.15) is 0 Å². The highest BCUT2D eigenvalue weighted by molar-refractivity contribution is 6.07.